The molecule has 0 saturated heterocycles. The number of anilines is 3. The van der Waals surface area contributed by atoms with E-state index >= 15 is 0 Å². The molecule has 0 amide bonds. The molecular formula is C19H22N4O. The molecule has 2 aromatic carbocycles. The van der Waals surface area contributed by atoms with Crippen molar-refractivity contribution in [2.45, 2.75) is 26.3 Å². The highest BCUT2D eigenvalue weighted by atomic mass is 16.3. The van der Waals surface area contributed by atoms with Gasteiger partial charge in [-0.2, -0.15) is 4.98 Å². The zero-order valence-electron chi connectivity index (χ0n) is 14.0. The lowest BCUT2D eigenvalue weighted by Gasteiger charge is -2.17. The zero-order chi connectivity index (χ0) is 16.9. The molecule has 3 rings (SSSR count). The topological polar surface area (TPSA) is 70.1 Å². The Hall–Kier alpha value is -2.66. The molecule has 1 atom stereocenters. The quantitative estimate of drug-likeness (QED) is 0.643. The van der Waals surface area contributed by atoms with E-state index in [-0.39, 0.29) is 12.6 Å². The van der Waals surface area contributed by atoms with Gasteiger partial charge in [-0.1, -0.05) is 37.3 Å². The third-order valence-corrected chi connectivity index (χ3v) is 4.05. The maximum Gasteiger partial charge on any atom is 0.229 e. The summed E-state index contributed by atoms with van der Waals surface area (Å²) >= 11 is 0. The molecule has 5 nitrogen and oxygen atoms in total. The third kappa shape index (κ3) is 3.46. The first-order valence-corrected chi connectivity index (χ1v) is 8.18. The van der Waals surface area contributed by atoms with Crippen LogP contribution in [0, 0.1) is 6.92 Å². The number of hydrogen-bond acceptors (Lipinski definition) is 5. The van der Waals surface area contributed by atoms with Gasteiger partial charge < -0.3 is 15.7 Å². The second-order valence-corrected chi connectivity index (χ2v) is 5.78. The van der Waals surface area contributed by atoms with Crippen molar-refractivity contribution in [2.24, 2.45) is 0 Å². The summed E-state index contributed by atoms with van der Waals surface area (Å²) in [5.74, 6) is 1.27. The minimum absolute atomic E-state index is 0.0328. The zero-order valence-corrected chi connectivity index (χ0v) is 14.0. The van der Waals surface area contributed by atoms with Gasteiger partial charge in [-0.25, -0.2) is 4.98 Å². The summed E-state index contributed by atoms with van der Waals surface area (Å²) < 4.78 is 0. The minimum Gasteiger partial charge on any atom is -0.394 e. The Balaban J connectivity index is 2.01. The molecule has 0 aliphatic heterocycles. The van der Waals surface area contributed by atoms with Crippen LogP contribution in [0.3, 0.4) is 0 Å². The number of nitrogens with one attached hydrogen (secondary N) is 2. The van der Waals surface area contributed by atoms with E-state index in [1.54, 1.807) is 0 Å². The van der Waals surface area contributed by atoms with E-state index in [1.807, 2.05) is 62.4 Å². The molecule has 0 saturated carbocycles. The average molecular weight is 322 g/mol. The van der Waals surface area contributed by atoms with Crippen LogP contribution in [0.1, 0.15) is 18.9 Å². The first-order chi connectivity index (χ1) is 11.7. The fraction of sp³-hybridized carbons (Fsp3) is 0.263. The summed E-state index contributed by atoms with van der Waals surface area (Å²) in [4.78, 5) is 9.24. The molecule has 0 aliphatic carbocycles. The van der Waals surface area contributed by atoms with Crippen LogP contribution >= 0.6 is 0 Å². The summed E-state index contributed by atoms with van der Waals surface area (Å²) in [5, 5.41) is 17.0. The predicted molar refractivity (Wildman–Crippen MR) is 98.8 cm³/mol. The maximum atomic E-state index is 9.48. The van der Waals surface area contributed by atoms with Gasteiger partial charge in [0.2, 0.25) is 5.95 Å². The molecule has 0 spiro atoms. The Morgan fingerprint density at radius 1 is 1.04 bits per heavy atom. The highest BCUT2D eigenvalue weighted by Gasteiger charge is 2.12. The molecule has 0 fully saturated rings. The van der Waals surface area contributed by atoms with Gasteiger partial charge in [-0.05, 0) is 37.1 Å². The lowest BCUT2D eigenvalue weighted by Crippen LogP contribution is -2.23. The maximum absolute atomic E-state index is 9.48. The molecule has 24 heavy (non-hydrogen) atoms. The highest BCUT2D eigenvalue weighted by Crippen LogP contribution is 2.25. The van der Waals surface area contributed by atoms with E-state index in [4.69, 9.17) is 0 Å². The molecule has 1 unspecified atom stereocenters. The van der Waals surface area contributed by atoms with Crippen LogP contribution < -0.4 is 10.6 Å². The number of aryl methyl sites for hydroxylation is 1. The van der Waals surface area contributed by atoms with Crippen LogP contribution in [0.15, 0.2) is 48.5 Å². The van der Waals surface area contributed by atoms with Gasteiger partial charge in [0.1, 0.15) is 5.82 Å². The van der Waals surface area contributed by atoms with Crippen LogP contribution in [-0.4, -0.2) is 27.7 Å². The van der Waals surface area contributed by atoms with Gasteiger partial charge in [0.25, 0.3) is 0 Å². The molecule has 1 heterocycles. The van der Waals surface area contributed by atoms with Crippen LogP contribution in [-0.2, 0) is 0 Å². The number of benzene rings is 2. The van der Waals surface area contributed by atoms with Gasteiger partial charge in [0, 0.05) is 11.1 Å². The van der Waals surface area contributed by atoms with Crippen molar-refractivity contribution in [3.63, 3.8) is 0 Å². The third-order valence-electron chi connectivity index (χ3n) is 4.05. The first-order valence-electron chi connectivity index (χ1n) is 8.18. The van der Waals surface area contributed by atoms with Crippen molar-refractivity contribution in [2.75, 3.05) is 17.2 Å². The average Bonchev–Trinajstić information content (AvgIpc) is 2.61. The normalized spacial score (nSPS) is 12.1. The Kier molecular flexibility index (Phi) is 4.91. The predicted octanol–water partition coefficient (Wildman–Crippen LogP) is 3.86. The van der Waals surface area contributed by atoms with E-state index in [0.717, 1.165) is 34.4 Å². The summed E-state index contributed by atoms with van der Waals surface area (Å²) in [5.41, 5.74) is 2.97. The van der Waals surface area contributed by atoms with Gasteiger partial charge in [-0.15, -0.1) is 0 Å². The molecule has 1 aromatic heterocycles. The second-order valence-electron chi connectivity index (χ2n) is 5.78. The number of aromatic nitrogens is 2. The molecule has 0 aliphatic rings. The standard InChI is InChI=1S/C19H22N4O/c1-3-14(12-24)20-18-15-9-5-7-11-17(15)22-19(23-18)21-16-10-6-4-8-13(16)2/h4-11,14,24H,3,12H2,1-2H3,(H2,20,21,22,23). The number of hydrogen-bond donors (Lipinski definition) is 3. The monoisotopic (exact) mass is 322 g/mol. The Morgan fingerprint density at radius 3 is 2.54 bits per heavy atom. The van der Waals surface area contributed by atoms with Gasteiger partial charge in [-0.3, -0.25) is 0 Å². The number of nitrogens with zero attached hydrogens (tertiary/aromatic N) is 2. The fourth-order valence-electron chi connectivity index (χ4n) is 2.55. The molecule has 3 N–H and O–H groups in total. The first kappa shape index (κ1) is 16.2. The van der Waals surface area contributed by atoms with E-state index in [0.29, 0.717) is 5.95 Å². The Bertz CT molecular complexity index is 830. The number of rotatable bonds is 6. The summed E-state index contributed by atoms with van der Waals surface area (Å²) in [6.45, 7) is 4.14. The van der Waals surface area contributed by atoms with E-state index in [1.165, 1.54) is 0 Å². The second kappa shape index (κ2) is 7.27. The molecular weight excluding hydrogens is 300 g/mol. The van der Waals surface area contributed by atoms with Crippen LogP contribution in [0.5, 0.6) is 0 Å². The minimum atomic E-state index is -0.0328. The highest BCUT2D eigenvalue weighted by molar-refractivity contribution is 5.90. The lowest BCUT2D eigenvalue weighted by atomic mass is 10.2. The van der Waals surface area contributed by atoms with Crippen molar-refractivity contribution in [1.29, 1.82) is 0 Å². The summed E-state index contributed by atoms with van der Waals surface area (Å²) in [7, 11) is 0. The van der Waals surface area contributed by atoms with Crippen molar-refractivity contribution >= 4 is 28.4 Å². The molecule has 5 heteroatoms. The Morgan fingerprint density at radius 2 is 1.79 bits per heavy atom. The Labute approximate surface area is 141 Å². The van der Waals surface area contributed by atoms with Crippen molar-refractivity contribution in [3.8, 4) is 0 Å². The van der Waals surface area contributed by atoms with Gasteiger partial charge in [0.05, 0.1) is 18.2 Å². The van der Waals surface area contributed by atoms with Crippen molar-refractivity contribution in [3.05, 3.63) is 54.1 Å². The summed E-state index contributed by atoms with van der Waals surface area (Å²) in [6.07, 6.45) is 0.815. The lowest BCUT2D eigenvalue weighted by molar-refractivity contribution is 0.271. The number of aliphatic hydroxyl groups is 1. The van der Waals surface area contributed by atoms with Crippen molar-refractivity contribution in [1.82, 2.24) is 9.97 Å². The molecule has 124 valence electrons. The van der Waals surface area contributed by atoms with Crippen molar-refractivity contribution < 1.29 is 5.11 Å². The number of para-hydroxylation sites is 2. The van der Waals surface area contributed by atoms with Crippen LogP contribution in [0.2, 0.25) is 0 Å². The van der Waals surface area contributed by atoms with E-state index in [9.17, 15) is 5.11 Å². The van der Waals surface area contributed by atoms with E-state index in [2.05, 4.69) is 20.6 Å². The van der Waals surface area contributed by atoms with E-state index < -0.39 is 0 Å². The number of aliphatic hydroxyl groups excluding tert-OH is 1. The summed E-state index contributed by atoms with van der Waals surface area (Å²) in [6, 6.07) is 15.9. The van der Waals surface area contributed by atoms with Crippen LogP contribution in [0.4, 0.5) is 17.5 Å². The smallest absolute Gasteiger partial charge is 0.229 e. The molecule has 0 radical (unpaired) electrons. The largest absolute Gasteiger partial charge is 0.394 e. The van der Waals surface area contributed by atoms with Gasteiger partial charge >= 0.3 is 0 Å². The number of fused-ring (bicyclic) bond motifs is 1. The van der Waals surface area contributed by atoms with Gasteiger partial charge in [0.15, 0.2) is 0 Å². The molecule has 0 bridgehead atoms. The van der Waals surface area contributed by atoms with Crippen LogP contribution in [0.25, 0.3) is 10.9 Å². The fourth-order valence-corrected chi connectivity index (χ4v) is 2.55. The SMILES string of the molecule is CCC(CO)Nc1nc(Nc2ccccc2C)nc2ccccc12. The molecule has 3 aromatic rings.